The molecule has 0 fully saturated rings. The molecule has 3 rings (SSSR count). The number of rotatable bonds is 8. The Morgan fingerprint density at radius 3 is 2.23 bits per heavy atom. The molecule has 0 aromatic heterocycles. The summed E-state index contributed by atoms with van der Waals surface area (Å²) < 4.78 is 21.2. The van der Waals surface area contributed by atoms with E-state index in [1.807, 2.05) is 52.0 Å². The van der Waals surface area contributed by atoms with E-state index in [2.05, 4.69) is 0 Å². The smallest absolute Gasteiger partial charge is 0.339 e. The van der Waals surface area contributed by atoms with E-state index in [0.717, 1.165) is 11.4 Å². The van der Waals surface area contributed by atoms with Crippen LogP contribution in [0.25, 0.3) is 10.8 Å². The van der Waals surface area contributed by atoms with Crippen molar-refractivity contribution < 1.29 is 24.3 Å². The van der Waals surface area contributed by atoms with Gasteiger partial charge in [0.15, 0.2) is 4.90 Å². The van der Waals surface area contributed by atoms with Crippen molar-refractivity contribution in [3.63, 3.8) is 0 Å². The number of ether oxygens (including phenoxy) is 1. The van der Waals surface area contributed by atoms with E-state index in [9.17, 15) is 19.6 Å². The maximum atomic E-state index is 13.8. The van der Waals surface area contributed by atoms with Gasteiger partial charge < -0.3 is 19.5 Å². The van der Waals surface area contributed by atoms with Gasteiger partial charge in [-0.2, -0.15) is 4.31 Å². The summed E-state index contributed by atoms with van der Waals surface area (Å²) >= 11 is -1.70. The van der Waals surface area contributed by atoms with Crippen LogP contribution in [-0.4, -0.2) is 33.4 Å². The third-order valence-corrected chi connectivity index (χ3v) is 6.10. The summed E-state index contributed by atoms with van der Waals surface area (Å²) in [6.07, 6.45) is 0.0459. The highest BCUT2D eigenvalue weighted by Gasteiger charge is 2.29. The van der Waals surface area contributed by atoms with Gasteiger partial charge in [-0.15, -0.1) is 0 Å². The van der Waals surface area contributed by atoms with Gasteiger partial charge >= 0.3 is 5.97 Å². The molecule has 3 aromatic carbocycles. The summed E-state index contributed by atoms with van der Waals surface area (Å²) in [6.45, 7) is 8.44. The zero-order valence-corrected chi connectivity index (χ0v) is 18.8. The van der Waals surface area contributed by atoms with Gasteiger partial charge in [0.2, 0.25) is 0 Å². The van der Waals surface area contributed by atoms with E-state index in [-0.39, 0.29) is 23.3 Å². The zero-order chi connectivity index (χ0) is 22.7. The number of carbonyl (C=O) groups is 1. The number of hydrogen-bond donors (Lipinski definition) is 2. The number of anilines is 1. The SMILES string of the molecule is CC(C)CN(c1ccc(OC(C)C)cc1)[S+]([O-])c1cc(C(=O)O)c(O)c2ccccc12. The summed E-state index contributed by atoms with van der Waals surface area (Å²) in [7, 11) is 0. The Morgan fingerprint density at radius 2 is 1.68 bits per heavy atom. The Kier molecular flexibility index (Phi) is 6.97. The molecule has 0 aliphatic rings. The molecule has 0 radical (unpaired) electrons. The van der Waals surface area contributed by atoms with Crippen molar-refractivity contribution in [2.45, 2.75) is 38.7 Å². The average molecular weight is 442 g/mol. The first-order valence-corrected chi connectivity index (χ1v) is 11.2. The summed E-state index contributed by atoms with van der Waals surface area (Å²) in [6, 6.07) is 15.5. The summed E-state index contributed by atoms with van der Waals surface area (Å²) in [5.41, 5.74) is 0.462. The molecule has 0 aliphatic carbocycles. The van der Waals surface area contributed by atoms with E-state index < -0.39 is 17.3 Å². The maximum absolute atomic E-state index is 13.8. The van der Waals surface area contributed by atoms with Crippen LogP contribution in [0.15, 0.2) is 59.5 Å². The average Bonchev–Trinajstić information content (AvgIpc) is 2.72. The van der Waals surface area contributed by atoms with Crippen LogP contribution in [0.4, 0.5) is 5.69 Å². The number of aromatic carboxylic acids is 1. The number of fused-ring (bicyclic) bond motifs is 1. The second-order valence-electron chi connectivity index (χ2n) is 7.99. The van der Waals surface area contributed by atoms with Gasteiger partial charge in [0.1, 0.15) is 28.4 Å². The molecule has 0 bridgehead atoms. The fraction of sp³-hybridized carbons (Fsp3) is 0.292. The van der Waals surface area contributed by atoms with Gasteiger partial charge in [0, 0.05) is 16.8 Å². The molecular formula is C24H27NO5S. The molecule has 0 heterocycles. The summed E-state index contributed by atoms with van der Waals surface area (Å²) in [5.74, 6) is -0.670. The Hall–Kier alpha value is -2.90. The van der Waals surface area contributed by atoms with Crippen LogP contribution in [0, 0.1) is 5.92 Å². The molecule has 164 valence electrons. The Labute approximate surface area is 185 Å². The van der Waals surface area contributed by atoms with Gasteiger partial charge in [-0.05, 0) is 50.1 Å². The fourth-order valence-electron chi connectivity index (χ4n) is 3.32. The van der Waals surface area contributed by atoms with Gasteiger partial charge in [0.05, 0.1) is 18.3 Å². The Morgan fingerprint density at radius 1 is 1.06 bits per heavy atom. The normalized spacial score (nSPS) is 12.4. The van der Waals surface area contributed by atoms with Crippen molar-refractivity contribution in [2.24, 2.45) is 5.92 Å². The minimum absolute atomic E-state index is 0.0459. The number of carboxylic acids is 1. The van der Waals surface area contributed by atoms with Crippen LogP contribution in [-0.2, 0) is 11.4 Å². The molecule has 0 saturated heterocycles. The second-order valence-corrected chi connectivity index (χ2v) is 9.37. The van der Waals surface area contributed by atoms with Crippen molar-refractivity contribution in [3.05, 3.63) is 60.2 Å². The Balaban J connectivity index is 2.10. The van der Waals surface area contributed by atoms with Crippen molar-refractivity contribution in [1.29, 1.82) is 0 Å². The lowest BCUT2D eigenvalue weighted by atomic mass is 10.1. The van der Waals surface area contributed by atoms with Crippen molar-refractivity contribution in [1.82, 2.24) is 0 Å². The quantitative estimate of drug-likeness (QED) is 0.466. The standard InChI is InChI=1S/C24H27NO5S/c1-15(2)14-25(17-9-11-18(12-10-17)30-16(3)4)31(29)22-13-21(24(27)28)23(26)20-8-6-5-7-19(20)22/h5-13,15-16,26H,14H2,1-4H3,(H,27,28). The molecule has 3 aromatic rings. The first-order chi connectivity index (χ1) is 14.7. The molecular weight excluding hydrogens is 414 g/mol. The largest absolute Gasteiger partial charge is 0.588 e. The lowest BCUT2D eigenvalue weighted by molar-refractivity contribution is 0.0693. The monoisotopic (exact) mass is 441 g/mol. The van der Waals surface area contributed by atoms with Gasteiger partial charge in [-0.1, -0.05) is 32.0 Å². The van der Waals surface area contributed by atoms with Gasteiger partial charge in [0.25, 0.3) is 0 Å². The van der Waals surface area contributed by atoms with Crippen LogP contribution in [0.2, 0.25) is 0 Å². The predicted octanol–water partition coefficient (Wildman–Crippen LogP) is 5.22. The third-order valence-electron chi connectivity index (χ3n) is 4.62. The molecule has 7 heteroatoms. The molecule has 1 atom stereocenters. The molecule has 0 saturated carbocycles. The summed E-state index contributed by atoms with van der Waals surface area (Å²) in [5, 5.41) is 20.9. The van der Waals surface area contributed by atoms with Crippen molar-refractivity contribution >= 4 is 33.8 Å². The molecule has 6 nitrogen and oxygen atoms in total. The fourth-order valence-corrected chi connectivity index (χ4v) is 4.89. The Bertz CT molecular complexity index is 1070. The van der Waals surface area contributed by atoms with Crippen LogP contribution in [0.5, 0.6) is 11.5 Å². The molecule has 0 aliphatic heterocycles. The van der Waals surface area contributed by atoms with Crippen molar-refractivity contribution in [3.8, 4) is 11.5 Å². The van der Waals surface area contributed by atoms with Gasteiger partial charge in [-0.3, -0.25) is 0 Å². The molecule has 31 heavy (non-hydrogen) atoms. The minimum Gasteiger partial charge on any atom is -0.588 e. The number of aromatic hydroxyl groups is 1. The number of hydrogen-bond acceptors (Lipinski definition) is 5. The predicted molar refractivity (Wildman–Crippen MR) is 123 cm³/mol. The highest BCUT2D eigenvalue weighted by atomic mass is 32.2. The van der Waals surface area contributed by atoms with E-state index >= 15 is 0 Å². The lowest BCUT2D eigenvalue weighted by Crippen LogP contribution is -2.34. The van der Waals surface area contributed by atoms with E-state index in [1.54, 1.807) is 28.6 Å². The minimum atomic E-state index is -1.70. The topological polar surface area (TPSA) is 93.1 Å². The van der Waals surface area contributed by atoms with E-state index in [0.29, 0.717) is 22.2 Å². The highest BCUT2D eigenvalue weighted by molar-refractivity contribution is 7.93. The first-order valence-electron chi connectivity index (χ1n) is 10.1. The molecule has 1 unspecified atom stereocenters. The number of benzene rings is 3. The highest BCUT2D eigenvalue weighted by Crippen LogP contribution is 2.37. The van der Waals surface area contributed by atoms with Crippen LogP contribution in [0.1, 0.15) is 38.1 Å². The van der Waals surface area contributed by atoms with Crippen LogP contribution >= 0.6 is 0 Å². The molecule has 2 N–H and O–H groups in total. The molecule has 0 spiro atoms. The second kappa shape index (κ2) is 9.49. The zero-order valence-electron chi connectivity index (χ0n) is 18.0. The number of carboxylic acid groups (broad SMARTS) is 1. The van der Waals surface area contributed by atoms with Gasteiger partial charge in [-0.25, -0.2) is 4.79 Å². The number of phenols is 1. The third kappa shape index (κ3) is 5.06. The van der Waals surface area contributed by atoms with E-state index in [1.165, 1.54) is 6.07 Å². The lowest BCUT2D eigenvalue weighted by Gasteiger charge is -2.28. The van der Waals surface area contributed by atoms with E-state index in [4.69, 9.17) is 4.74 Å². The maximum Gasteiger partial charge on any atom is 0.339 e. The van der Waals surface area contributed by atoms with Crippen molar-refractivity contribution in [2.75, 3.05) is 10.8 Å². The molecule has 0 amide bonds. The number of nitrogens with zero attached hydrogens (tertiary/aromatic N) is 1. The first kappa shape index (κ1) is 22.8. The summed E-state index contributed by atoms with van der Waals surface area (Å²) in [4.78, 5) is 12.0. The van der Waals surface area contributed by atoms with Crippen LogP contribution < -0.4 is 9.04 Å². The van der Waals surface area contributed by atoms with Crippen LogP contribution in [0.3, 0.4) is 0 Å².